The van der Waals surface area contributed by atoms with Crippen molar-refractivity contribution in [1.29, 1.82) is 0 Å². The number of halogens is 1. The van der Waals surface area contributed by atoms with Gasteiger partial charge in [-0.3, -0.25) is 39.0 Å². The first kappa shape index (κ1) is 33.4. The predicted molar refractivity (Wildman–Crippen MR) is 192 cm³/mol. The van der Waals surface area contributed by atoms with Gasteiger partial charge in [-0.1, -0.05) is 35.9 Å². The summed E-state index contributed by atoms with van der Waals surface area (Å²) in [5, 5.41) is 13.0. The van der Waals surface area contributed by atoms with Crippen molar-refractivity contribution in [2.24, 2.45) is 4.99 Å². The first-order valence-electron chi connectivity index (χ1n) is 17.2. The summed E-state index contributed by atoms with van der Waals surface area (Å²) in [7, 11) is 0. The van der Waals surface area contributed by atoms with E-state index in [-0.39, 0.29) is 30.6 Å². The maximum absolute atomic E-state index is 13.9. The summed E-state index contributed by atoms with van der Waals surface area (Å²) in [5.41, 5.74) is 6.50. The van der Waals surface area contributed by atoms with Crippen LogP contribution in [0.1, 0.15) is 80.0 Å². The fourth-order valence-electron chi connectivity index (χ4n) is 7.57. The van der Waals surface area contributed by atoms with Gasteiger partial charge in [-0.2, -0.15) is 0 Å². The minimum absolute atomic E-state index is 0.0220. The number of amides is 4. The number of nitrogens with zero attached hydrogens (tertiary/aromatic N) is 7. The van der Waals surface area contributed by atoms with E-state index >= 15 is 0 Å². The number of nitrogens with one attached hydrogen (secondary N) is 1. The summed E-state index contributed by atoms with van der Waals surface area (Å²) in [5.74, 6) is 0.557. The minimum atomic E-state index is -0.633. The van der Waals surface area contributed by atoms with Crippen LogP contribution >= 0.6 is 22.9 Å². The van der Waals surface area contributed by atoms with Crippen LogP contribution in [0.15, 0.2) is 47.5 Å². The van der Waals surface area contributed by atoms with E-state index in [0.29, 0.717) is 62.1 Å². The molecular weight excluding hydrogens is 688 g/mol. The molecule has 0 spiro atoms. The SMILES string of the molecule is Cc1sc2c(c1C)C(c1ccc(Cl)cc1)=N[C@@H](CC(=O)N1CCN(Cc3ccc4c(c3)CN(C3CCC(=O)NC3=O)C4=O)CC1)c1nnc(C)n1-2. The quantitative estimate of drug-likeness (QED) is 0.294. The third kappa shape index (κ3) is 6.06. The predicted octanol–water partition coefficient (Wildman–Crippen LogP) is 4.30. The van der Waals surface area contributed by atoms with Gasteiger partial charge in [0.2, 0.25) is 17.7 Å². The van der Waals surface area contributed by atoms with Gasteiger partial charge >= 0.3 is 0 Å². The van der Waals surface area contributed by atoms with Crippen molar-refractivity contribution in [3.63, 3.8) is 0 Å². The zero-order valence-electron chi connectivity index (χ0n) is 28.6. The molecule has 2 fully saturated rings. The standard InChI is InChI=1S/C37H37ClN8O4S/c1-20-21(2)51-37-32(20)33(24-5-7-26(38)8-6-24)39-28(34-42-41-22(3)46(34)37)17-31(48)44-14-12-43(13-15-44)18-23-4-9-27-25(16-23)19-45(36(27)50)29-10-11-30(47)40-35(29)49/h4-9,16,28-29H,10-15,17-19H2,1-3H3,(H,40,47,49)/t28-,29?/m0/s1. The first-order chi connectivity index (χ1) is 24.5. The Morgan fingerprint density at radius 1 is 1.00 bits per heavy atom. The van der Waals surface area contributed by atoms with E-state index in [2.05, 4.69) is 38.8 Å². The molecule has 4 aromatic rings. The van der Waals surface area contributed by atoms with Gasteiger partial charge in [0.1, 0.15) is 22.9 Å². The average molecular weight is 725 g/mol. The van der Waals surface area contributed by atoms with E-state index in [1.807, 2.05) is 54.3 Å². The lowest BCUT2D eigenvalue weighted by atomic mass is 9.99. The number of aryl methyl sites for hydroxylation is 2. The highest BCUT2D eigenvalue weighted by molar-refractivity contribution is 7.15. The van der Waals surface area contributed by atoms with Crippen molar-refractivity contribution in [1.82, 2.24) is 34.8 Å². The van der Waals surface area contributed by atoms with Crippen molar-refractivity contribution in [2.45, 2.75) is 65.2 Å². The van der Waals surface area contributed by atoms with Crippen LogP contribution in [0, 0.1) is 20.8 Å². The average Bonchev–Trinajstić information content (AvgIpc) is 3.72. The van der Waals surface area contributed by atoms with Crippen molar-refractivity contribution in [2.75, 3.05) is 26.2 Å². The normalized spacial score (nSPS) is 20.5. The molecule has 4 aliphatic heterocycles. The largest absolute Gasteiger partial charge is 0.340 e. The Morgan fingerprint density at radius 3 is 2.51 bits per heavy atom. The number of hydrogen-bond donors (Lipinski definition) is 1. The lowest BCUT2D eigenvalue weighted by molar-refractivity contribution is -0.137. The Morgan fingerprint density at radius 2 is 1.76 bits per heavy atom. The van der Waals surface area contributed by atoms with E-state index < -0.39 is 18.0 Å². The van der Waals surface area contributed by atoms with Crippen LogP contribution in [0.4, 0.5) is 0 Å². The molecule has 0 bridgehead atoms. The number of imide groups is 1. The highest BCUT2D eigenvalue weighted by Gasteiger charge is 2.39. The Kier molecular flexibility index (Phi) is 8.59. The van der Waals surface area contributed by atoms with Crippen molar-refractivity contribution in [3.05, 3.63) is 97.4 Å². The van der Waals surface area contributed by atoms with Gasteiger partial charge in [0.05, 0.1) is 12.1 Å². The van der Waals surface area contributed by atoms with Crippen LogP contribution in [-0.4, -0.2) is 91.0 Å². The van der Waals surface area contributed by atoms with Gasteiger partial charge in [0, 0.05) is 72.3 Å². The zero-order valence-corrected chi connectivity index (χ0v) is 30.2. The van der Waals surface area contributed by atoms with Crippen LogP contribution in [-0.2, 0) is 27.5 Å². The van der Waals surface area contributed by atoms with E-state index in [1.165, 1.54) is 4.88 Å². The smallest absolute Gasteiger partial charge is 0.255 e. The molecule has 12 nitrogen and oxygen atoms in total. The van der Waals surface area contributed by atoms with Gasteiger partial charge < -0.3 is 9.80 Å². The lowest BCUT2D eigenvalue weighted by Gasteiger charge is -2.35. The summed E-state index contributed by atoms with van der Waals surface area (Å²) in [6, 6.07) is 12.4. The third-order valence-electron chi connectivity index (χ3n) is 10.4. The first-order valence-corrected chi connectivity index (χ1v) is 18.4. The van der Waals surface area contributed by atoms with Crippen LogP contribution in [0.2, 0.25) is 5.02 Å². The molecule has 0 saturated carbocycles. The molecule has 8 rings (SSSR count). The fourth-order valence-corrected chi connectivity index (χ4v) is 8.91. The second-order valence-corrected chi connectivity index (χ2v) is 15.3. The van der Waals surface area contributed by atoms with Crippen molar-refractivity contribution in [3.8, 4) is 5.00 Å². The summed E-state index contributed by atoms with van der Waals surface area (Å²) < 4.78 is 2.07. The molecule has 4 aliphatic rings. The lowest BCUT2D eigenvalue weighted by Crippen LogP contribution is -2.52. The number of aliphatic imine (C=N–C) groups is 1. The van der Waals surface area contributed by atoms with E-state index in [9.17, 15) is 19.2 Å². The molecule has 262 valence electrons. The number of benzene rings is 2. The highest BCUT2D eigenvalue weighted by Crippen LogP contribution is 2.40. The molecule has 2 atom stereocenters. The fraction of sp³-hybridized carbons (Fsp3) is 0.378. The molecular formula is C37H37ClN8O4S. The summed E-state index contributed by atoms with van der Waals surface area (Å²) in [6.45, 7) is 9.77. The van der Waals surface area contributed by atoms with Crippen LogP contribution in [0.5, 0.6) is 0 Å². The molecule has 6 heterocycles. The monoisotopic (exact) mass is 724 g/mol. The summed E-state index contributed by atoms with van der Waals surface area (Å²) >= 11 is 7.94. The molecule has 1 N–H and O–H groups in total. The Bertz CT molecular complexity index is 2130. The molecule has 0 radical (unpaired) electrons. The van der Waals surface area contributed by atoms with Gasteiger partial charge in [-0.25, -0.2) is 0 Å². The minimum Gasteiger partial charge on any atom is -0.340 e. The second kappa shape index (κ2) is 13.1. The number of fused-ring (bicyclic) bond motifs is 4. The summed E-state index contributed by atoms with van der Waals surface area (Å²) in [6.07, 6.45) is 0.737. The zero-order chi connectivity index (χ0) is 35.6. The number of rotatable bonds is 6. The molecule has 2 aromatic heterocycles. The number of hydrogen-bond acceptors (Lipinski definition) is 9. The molecule has 14 heteroatoms. The Labute approximate surface area is 304 Å². The maximum atomic E-state index is 13.9. The van der Waals surface area contributed by atoms with Crippen LogP contribution < -0.4 is 5.32 Å². The van der Waals surface area contributed by atoms with Gasteiger partial charge in [-0.05, 0) is 62.1 Å². The molecule has 0 aliphatic carbocycles. The summed E-state index contributed by atoms with van der Waals surface area (Å²) in [4.78, 5) is 63.3. The molecule has 2 aromatic carbocycles. The molecule has 2 saturated heterocycles. The molecule has 1 unspecified atom stereocenters. The topological polar surface area (TPSA) is 133 Å². The molecule has 51 heavy (non-hydrogen) atoms. The van der Waals surface area contributed by atoms with E-state index in [1.54, 1.807) is 16.2 Å². The number of aromatic nitrogens is 3. The number of piperazine rings is 1. The van der Waals surface area contributed by atoms with Crippen LogP contribution in [0.25, 0.3) is 5.00 Å². The van der Waals surface area contributed by atoms with Gasteiger partial charge in [0.25, 0.3) is 5.91 Å². The van der Waals surface area contributed by atoms with Crippen molar-refractivity contribution >= 4 is 52.3 Å². The third-order valence-corrected chi connectivity index (χ3v) is 11.9. The maximum Gasteiger partial charge on any atom is 0.255 e. The van der Waals surface area contributed by atoms with Gasteiger partial charge in [-0.15, -0.1) is 21.5 Å². The second-order valence-electron chi connectivity index (χ2n) is 13.7. The number of piperidine rings is 1. The molecule has 4 amide bonds. The van der Waals surface area contributed by atoms with Crippen molar-refractivity contribution < 1.29 is 19.2 Å². The van der Waals surface area contributed by atoms with Crippen LogP contribution in [0.3, 0.4) is 0 Å². The Balaban J connectivity index is 0.955. The van der Waals surface area contributed by atoms with E-state index in [4.69, 9.17) is 16.6 Å². The number of carbonyl (C=O) groups is 4. The highest BCUT2D eigenvalue weighted by atomic mass is 35.5. The van der Waals surface area contributed by atoms with Gasteiger partial charge in [0.15, 0.2) is 5.82 Å². The number of thiophene rings is 1. The number of carbonyl (C=O) groups excluding carboxylic acids is 4. The van der Waals surface area contributed by atoms with E-state index in [0.717, 1.165) is 44.4 Å². The Hall–Kier alpha value is -4.72.